The van der Waals surface area contributed by atoms with E-state index in [4.69, 9.17) is 9.47 Å². The Balaban J connectivity index is 1.93. The standard InChI is InChI=1S/C14H22N2O3S/c1-9-6-11(18-12-7-15-10(2)20-12)8-16(9)13(17)19-14(3,4)5/h7,9,11H,6,8H2,1-5H3/t9-,11+/m0/s1. The summed E-state index contributed by atoms with van der Waals surface area (Å²) in [6, 6.07) is 0.129. The van der Waals surface area contributed by atoms with Gasteiger partial charge in [0.1, 0.15) is 11.7 Å². The van der Waals surface area contributed by atoms with E-state index in [1.807, 2.05) is 34.6 Å². The Kier molecular flexibility index (Phi) is 4.22. The molecule has 1 fully saturated rings. The third kappa shape index (κ3) is 3.85. The number of carbonyl (C=O) groups is 1. The van der Waals surface area contributed by atoms with Crippen LogP contribution < -0.4 is 4.74 Å². The molecule has 1 aromatic rings. The number of ether oxygens (including phenoxy) is 2. The number of nitrogens with zero attached hydrogens (tertiary/aromatic N) is 2. The van der Waals surface area contributed by atoms with E-state index in [9.17, 15) is 4.79 Å². The molecule has 2 rings (SSSR count). The van der Waals surface area contributed by atoms with Crippen molar-refractivity contribution in [1.82, 2.24) is 9.88 Å². The lowest BCUT2D eigenvalue weighted by Crippen LogP contribution is -2.39. The number of aryl methyl sites for hydroxylation is 1. The van der Waals surface area contributed by atoms with Gasteiger partial charge in [-0.2, -0.15) is 0 Å². The summed E-state index contributed by atoms with van der Waals surface area (Å²) in [5.41, 5.74) is -0.468. The minimum absolute atomic E-state index is 0.0115. The third-order valence-electron chi connectivity index (χ3n) is 3.05. The highest BCUT2D eigenvalue weighted by molar-refractivity contribution is 7.13. The Morgan fingerprint density at radius 3 is 2.75 bits per heavy atom. The fourth-order valence-electron chi connectivity index (χ4n) is 2.20. The van der Waals surface area contributed by atoms with Crippen LogP contribution in [0, 0.1) is 6.92 Å². The van der Waals surface area contributed by atoms with Crippen molar-refractivity contribution in [1.29, 1.82) is 0 Å². The summed E-state index contributed by atoms with van der Waals surface area (Å²) in [7, 11) is 0. The van der Waals surface area contributed by atoms with Crippen molar-refractivity contribution < 1.29 is 14.3 Å². The molecule has 112 valence electrons. The Hall–Kier alpha value is -1.30. The molecule has 0 radical (unpaired) electrons. The van der Waals surface area contributed by atoms with Crippen LogP contribution in [0.2, 0.25) is 0 Å². The summed E-state index contributed by atoms with van der Waals surface area (Å²) >= 11 is 1.53. The second kappa shape index (κ2) is 5.60. The van der Waals surface area contributed by atoms with Gasteiger partial charge >= 0.3 is 6.09 Å². The number of rotatable bonds is 2. The van der Waals surface area contributed by atoms with Gasteiger partial charge in [-0.05, 0) is 34.6 Å². The van der Waals surface area contributed by atoms with E-state index in [0.29, 0.717) is 6.54 Å². The first-order valence-electron chi connectivity index (χ1n) is 6.83. The maximum Gasteiger partial charge on any atom is 0.410 e. The van der Waals surface area contributed by atoms with Crippen LogP contribution >= 0.6 is 11.3 Å². The Labute approximate surface area is 123 Å². The highest BCUT2D eigenvalue weighted by atomic mass is 32.1. The molecule has 2 heterocycles. The van der Waals surface area contributed by atoms with Crippen molar-refractivity contribution in [3.05, 3.63) is 11.2 Å². The van der Waals surface area contributed by atoms with Crippen LogP contribution in [0.4, 0.5) is 4.79 Å². The maximum atomic E-state index is 12.1. The zero-order valence-electron chi connectivity index (χ0n) is 12.7. The summed E-state index contributed by atoms with van der Waals surface area (Å²) in [6.45, 7) is 10.2. The predicted molar refractivity (Wildman–Crippen MR) is 78.3 cm³/mol. The van der Waals surface area contributed by atoms with Crippen LogP contribution in [-0.4, -0.2) is 40.3 Å². The highest BCUT2D eigenvalue weighted by Gasteiger charge is 2.36. The van der Waals surface area contributed by atoms with Crippen molar-refractivity contribution in [3.63, 3.8) is 0 Å². The molecule has 0 saturated carbocycles. The summed E-state index contributed by atoms with van der Waals surface area (Å²) in [5.74, 6) is 0. The van der Waals surface area contributed by atoms with Gasteiger partial charge in [0.25, 0.3) is 0 Å². The average molecular weight is 298 g/mol. The van der Waals surface area contributed by atoms with Gasteiger partial charge in [-0.1, -0.05) is 11.3 Å². The fourth-order valence-corrected chi connectivity index (χ4v) is 2.89. The molecule has 0 bridgehead atoms. The minimum Gasteiger partial charge on any atom is -0.477 e. The highest BCUT2D eigenvalue weighted by Crippen LogP contribution is 2.27. The van der Waals surface area contributed by atoms with Gasteiger partial charge in [-0.15, -0.1) is 0 Å². The number of carbonyl (C=O) groups excluding carboxylic acids is 1. The summed E-state index contributed by atoms with van der Waals surface area (Å²) in [5, 5.41) is 1.79. The lowest BCUT2D eigenvalue weighted by molar-refractivity contribution is 0.0224. The molecule has 1 saturated heterocycles. The molecule has 0 spiro atoms. The van der Waals surface area contributed by atoms with Gasteiger partial charge in [0.05, 0.1) is 17.7 Å². The number of likely N-dealkylation sites (tertiary alicyclic amines) is 1. The first kappa shape index (κ1) is 15.1. The molecule has 20 heavy (non-hydrogen) atoms. The minimum atomic E-state index is -0.468. The number of hydrogen-bond acceptors (Lipinski definition) is 5. The second-order valence-corrected chi connectivity index (χ2v) is 7.35. The zero-order valence-corrected chi connectivity index (χ0v) is 13.5. The predicted octanol–water partition coefficient (Wildman–Crippen LogP) is 3.23. The van der Waals surface area contributed by atoms with E-state index in [2.05, 4.69) is 4.98 Å². The van der Waals surface area contributed by atoms with E-state index >= 15 is 0 Å². The molecule has 1 aliphatic heterocycles. The van der Waals surface area contributed by atoms with Crippen LogP contribution in [0.3, 0.4) is 0 Å². The third-order valence-corrected chi connectivity index (χ3v) is 3.85. The first-order valence-corrected chi connectivity index (χ1v) is 7.65. The van der Waals surface area contributed by atoms with Crippen LogP contribution in [0.5, 0.6) is 5.06 Å². The van der Waals surface area contributed by atoms with Crippen molar-refractivity contribution in [2.75, 3.05) is 6.54 Å². The average Bonchev–Trinajstić information content (AvgIpc) is 2.83. The maximum absolute atomic E-state index is 12.1. The molecule has 1 amide bonds. The fraction of sp³-hybridized carbons (Fsp3) is 0.714. The van der Waals surface area contributed by atoms with E-state index in [1.165, 1.54) is 11.3 Å². The Morgan fingerprint density at radius 1 is 1.50 bits per heavy atom. The normalized spacial score (nSPS) is 22.9. The van der Waals surface area contributed by atoms with Crippen LogP contribution in [0.25, 0.3) is 0 Å². The van der Waals surface area contributed by atoms with E-state index < -0.39 is 5.60 Å². The lowest BCUT2D eigenvalue weighted by atomic mass is 10.2. The number of amides is 1. The summed E-state index contributed by atoms with van der Waals surface area (Å²) in [4.78, 5) is 18.0. The van der Waals surface area contributed by atoms with E-state index in [-0.39, 0.29) is 18.2 Å². The SMILES string of the molecule is Cc1ncc(O[C@@H]2C[C@H](C)N(C(=O)OC(C)(C)C)C2)s1. The monoisotopic (exact) mass is 298 g/mol. The first-order chi connectivity index (χ1) is 9.24. The summed E-state index contributed by atoms with van der Waals surface area (Å²) < 4.78 is 11.3. The molecule has 0 aromatic carbocycles. The van der Waals surface area contributed by atoms with E-state index in [1.54, 1.807) is 11.1 Å². The van der Waals surface area contributed by atoms with Crippen molar-refractivity contribution in [3.8, 4) is 5.06 Å². The molecular formula is C14H22N2O3S. The molecule has 0 aliphatic carbocycles. The molecular weight excluding hydrogens is 276 g/mol. The molecule has 2 atom stereocenters. The topological polar surface area (TPSA) is 51.7 Å². The van der Waals surface area contributed by atoms with Gasteiger partial charge in [-0.25, -0.2) is 9.78 Å². The van der Waals surface area contributed by atoms with Gasteiger partial charge in [0.15, 0.2) is 5.06 Å². The second-order valence-electron chi connectivity index (χ2n) is 6.16. The lowest BCUT2D eigenvalue weighted by Gasteiger charge is -2.26. The van der Waals surface area contributed by atoms with Crippen molar-refractivity contribution in [2.24, 2.45) is 0 Å². The smallest absolute Gasteiger partial charge is 0.410 e. The molecule has 5 nitrogen and oxygen atoms in total. The van der Waals surface area contributed by atoms with E-state index in [0.717, 1.165) is 16.5 Å². The van der Waals surface area contributed by atoms with Gasteiger partial charge in [0, 0.05) is 12.5 Å². The van der Waals surface area contributed by atoms with Crippen molar-refractivity contribution >= 4 is 17.4 Å². The quantitative estimate of drug-likeness (QED) is 0.841. The van der Waals surface area contributed by atoms with Crippen LogP contribution in [0.15, 0.2) is 6.20 Å². The summed E-state index contributed by atoms with van der Waals surface area (Å²) in [6.07, 6.45) is 2.30. The zero-order chi connectivity index (χ0) is 14.9. The van der Waals surface area contributed by atoms with Gasteiger partial charge < -0.3 is 14.4 Å². The molecule has 0 unspecified atom stereocenters. The van der Waals surface area contributed by atoms with Gasteiger partial charge in [0.2, 0.25) is 0 Å². The molecule has 6 heteroatoms. The van der Waals surface area contributed by atoms with Gasteiger partial charge in [-0.3, -0.25) is 0 Å². The van der Waals surface area contributed by atoms with Crippen LogP contribution in [0.1, 0.15) is 39.1 Å². The number of aromatic nitrogens is 1. The molecule has 1 aliphatic rings. The molecule has 1 aromatic heterocycles. The van der Waals surface area contributed by atoms with Crippen LogP contribution in [-0.2, 0) is 4.74 Å². The Bertz CT molecular complexity index is 481. The number of thiazole rings is 1. The largest absolute Gasteiger partial charge is 0.477 e. The number of hydrogen-bond donors (Lipinski definition) is 0. The van der Waals surface area contributed by atoms with Crippen molar-refractivity contribution in [2.45, 2.75) is 58.8 Å². The Morgan fingerprint density at radius 2 is 2.20 bits per heavy atom. The molecule has 0 N–H and O–H groups in total.